The SMILES string of the molecule is O=C(c1ccccc1)N1CCc2sc(C(=O)N3CCN(c4ccccc4)CC3)cc2C1. The van der Waals surface area contributed by atoms with Crippen molar-refractivity contribution >= 4 is 28.8 Å². The minimum atomic E-state index is 0.0577. The van der Waals surface area contributed by atoms with Gasteiger partial charge in [-0.15, -0.1) is 11.3 Å². The van der Waals surface area contributed by atoms with Crippen LogP contribution in [-0.4, -0.2) is 54.3 Å². The molecule has 6 heteroatoms. The first-order chi connectivity index (χ1) is 15.2. The lowest BCUT2D eigenvalue weighted by molar-refractivity contribution is 0.0735. The third-order valence-corrected chi connectivity index (χ3v) is 7.30. The van der Waals surface area contributed by atoms with Gasteiger partial charge in [0.2, 0.25) is 0 Å². The Labute approximate surface area is 186 Å². The van der Waals surface area contributed by atoms with Crippen LogP contribution in [0.5, 0.6) is 0 Å². The number of anilines is 1. The van der Waals surface area contributed by atoms with E-state index in [-0.39, 0.29) is 11.8 Å². The smallest absolute Gasteiger partial charge is 0.264 e. The summed E-state index contributed by atoms with van der Waals surface area (Å²) >= 11 is 1.60. The summed E-state index contributed by atoms with van der Waals surface area (Å²) in [5.41, 5.74) is 3.05. The number of piperazine rings is 1. The number of nitrogens with zero attached hydrogens (tertiary/aromatic N) is 3. The fourth-order valence-electron chi connectivity index (χ4n) is 4.34. The molecule has 0 radical (unpaired) electrons. The summed E-state index contributed by atoms with van der Waals surface area (Å²) in [5, 5.41) is 0. The summed E-state index contributed by atoms with van der Waals surface area (Å²) in [6.45, 7) is 4.43. The summed E-state index contributed by atoms with van der Waals surface area (Å²) in [6.07, 6.45) is 0.813. The molecule has 0 aliphatic carbocycles. The fraction of sp³-hybridized carbons (Fsp3) is 0.280. The van der Waals surface area contributed by atoms with Crippen molar-refractivity contribution in [2.24, 2.45) is 0 Å². The third-order valence-electron chi connectivity index (χ3n) is 6.07. The summed E-state index contributed by atoms with van der Waals surface area (Å²) in [5.74, 6) is 0.176. The van der Waals surface area contributed by atoms with Crippen molar-refractivity contribution in [3.8, 4) is 0 Å². The van der Waals surface area contributed by atoms with E-state index in [1.165, 1.54) is 10.6 Å². The van der Waals surface area contributed by atoms with Gasteiger partial charge in [-0.25, -0.2) is 0 Å². The van der Waals surface area contributed by atoms with Crippen molar-refractivity contribution < 1.29 is 9.59 Å². The Balaban J connectivity index is 1.24. The Morgan fingerprint density at radius 1 is 0.742 bits per heavy atom. The first-order valence-electron chi connectivity index (χ1n) is 10.7. The second-order valence-electron chi connectivity index (χ2n) is 8.02. The minimum absolute atomic E-state index is 0.0577. The number of carbonyl (C=O) groups excluding carboxylic acids is 2. The molecule has 31 heavy (non-hydrogen) atoms. The molecule has 3 aromatic rings. The van der Waals surface area contributed by atoms with Gasteiger partial charge >= 0.3 is 0 Å². The monoisotopic (exact) mass is 431 g/mol. The van der Waals surface area contributed by atoms with Gasteiger partial charge in [0.1, 0.15) is 0 Å². The van der Waals surface area contributed by atoms with Crippen LogP contribution in [0.2, 0.25) is 0 Å². The predicted octanol–water partition coefficient (Wildman–Crippen LogP) is 3.91. The number of rotatable bonds is 3. The average Bonchev–Trinajstić information content (AvgIpc) is 3.28. The van der Waals surface area contributed by atoms with E-state index < -0.39 is 0 Å². The standard InChI is InChI=1S/C25H25N3O2S/c29-24(19-7-3-1-4-8-19)28-12-11-22-20(18-28)17-23(31-22)25(30)27-15-13-26(14-16-27)21-9-5-2-6-10-21/h1-10,17H,11-16,18H2. The van der Waals surface area contributed by atoms with Gasteiger partial charge in [-0.1, -0.05) is 36.4 Å². The maximum Gasteiger partial charge on any atom is 0.264 e. The molecule has 3 heterocycles. The molecule has 158 valence electrons. The topological polar surface area (TPSA) is 43.9 Å². The van der Waals surface area contributed by atoms with Crippen LogP contribution in [0.15, 0.2) is 66.7 Å². The molecule has 0 atom stereocenters. The average molecular weight is 432 g/mol. The van der Waals surface area contributed by atoms with Gasteiger partial charge in [0.15, 0.2) is 0 Å². The Morgan fingerprint density at radius 2 is 1.42 bits per heavy atom. The highest BCUT2D eigenvalue weighted by molar-refractivity contribution is 7.14. The Bertz CT molecular complexity index is 1070. The van der Waals surface area contributed by atoms with E-state index in [9.17, 15) is 9.59 Å². The van der Waals surface area contributed by atoms with E-state index in [0.29, 0.717) is 18.7 Å². The quantitative estimate of drug-likeness (QED) is 0.632. The van der Waals surface area contributed by atoms with Crippen molar-refractivity contribution in [2.45, 2.75) is 13.0 Å². The van der Waals surface area contributed by atoms with E-state index >= 15 is 0 Å². The van der Waals surface area contributed by atoms with Crippen molar-refractivity contribution in [1.29, 1.82) is 0 Å². The fourth-order valence-corrected chi connectivity index (χ4v) is 5.47. The lowest BCUT2D eigenvalue weighted by atomic mass is 10.1. The first-order valence-corrected chi connectivity index (χ1v) is 11.6. The van der Waals surface area contributed by atoms with E-state index in [4.69, 9.17) is 0 Å². The largest absolute Gasteiger partial charge is 0.368 e. The predicted molar refractivity (Wildman–Crippen MR) is 124 cm³/mol. The number of hydrogen-bond donors (Lipinski definition) is 0. The van der Waals surface area contributed by atoms with Crippen LogP contribution in [0.3, 0.4) is 0 Å². The van der Waals surface area contributed by atoms with E-state index in [0.717, 1.165) is 43.0 Å². The number of para-hydroxylation sites is 1. The van der Waals surface area contributed by atoms with Crippen LogP contribution < -0.4 is 4.90 Å². The van der Waals surface area contributed by atoms with Crippen LogP contribution >= 0.6 is 11.3 Å². The highest BCUT2D eigenvalue weighted by atomic mass is 32.1. The van der Waals surface area contributed by atoms with Crippen LogP contribution in [0, 0.1) is 0 Å². The number of thiophene rings is 1. The number of benzene rings is 2. The second-order valence-corrected chi connectivity index (χ2v) is 9.15. The van der Waals surface area contributed by atoms with Crippen molar-refractivity contribution in [3.05, 3.63) is 87.6 Å². The van der Waals surface area contributed by atoms with Crippen molar-refractivity contribution in [1.82, 2.24) is 9.80 Å². The van der Waals surface area contributed by atoms with Crippen LogP contribution in [0.25, 0.3) is 0 Å². The second kappa shape index (κ2) is 8.55. The maximum absolute atomic E-state index is 13.1. The highest BCUT2D eigenvalue weighted by Crippen LogP contribution is 2.30. The number of carbonyl (C=O) groups is 2. The number of hydrogen-bond acceptors (Lipinski definition) is 4. The zero-order valence-corrected chi connectivity index (χ0v) is 18.2. The molecule has 0 unspecified atom stereocenters. The van der Waals surface area contributed by atoms with Crippen LogP contribution in [0.4, 0.5) is 5.69 Å². The molecule has 0 bridgehead atoms. The molecule has 2 aromatic carbocycles. The lowest BCUT2D eigenvalue weighted by Crippen LogP contribution is -2.48. The minimum Gasteiger partial charge on any atom is -0.368 e. The first kappa shape index (κ1) is 19.8. The van der Waals surface area contributed by atoms with Gasteiger partial charge < -0.3 is 14.7 Å². The van der Waals surface area contributed by atoms with E-state index in [1.807, 2.05) is 52.3 Å². The molecule has 5 rings (SSSR count). The van der Waals surface area contributed by atoms with Gasteiger partial charge in [0, 0.05) is 55.4 Å². The molecule has 1 saturated heterocycles. The van der Waals surface area contributed by atoms with E-state index in [2.05, 4.69) is 29.2 Å². The summed E-state index contributed by atoms with van der Waals surface area (Å²) in [4.78, 5) is 34.1. The molecule has 0 spiro atoms. The lowest BCUT2D eigenvalue weighted by Gasteiger charge is -2.36. The molecular formula is C25H25N3O2S. The summed E-state index contributed by atoms with van der Waals surface area (Å²) in [6, 6.07) is 21.8. The molecule has 1 aromatic heterocycles. The van der Waals surface area contributed by atoms with E-state index in [1.54, 1.807) is 11.3 Å². The highest BCUT2D eigenvalue weighted by Gasteiger charge is 2.28. The van der Waals surface area contributed by atoms with Gasteiger partial charge in [-0.05, 0) is 42.3 Å². The van der Waals surface area contributed by atoms with Gasteiger partial charge in [0.25, 0.3) is 11.8 Å². The molecule has 0 N–H and O–H groups in total. The molecular weight excluding hydrogens is 406 g/mol. The molecule has 2 amide bonds. The Hall–Kier alpha value is -3.12. The number of amides is 2. The summed E-state index contributed by atoms with van der Waals surface area (Å²) < 4.78 is 0. The van der Waals surface area contributed by atoms with Crippen molar-refractivity contribution in [3.63, 3.8) is 0 Å². The third kappa shape index (κ3) is 4.08. The number of fused-ring (bicyclic) bond motifs is 1. The van der Waals surface area contributed by atoms with Gasteiger partial charge in [0.05, 0.1) is 4.88 Å². The van der Waals surface area contributed by atoms with Crippen LogP contribution in [-0.2, 0) is 13.0 Å². The molecule has 0 saturated carbocycles. The van der Waals surface area contributed by atoms with Crippen LogP contribution in [0.1, 0.15) is 30.5 Å². The zero-order valence-electron chi connectivity index (χ0n) is 17.4. The zero-order chi connectivity index (χ0) is 21.2. The van der Waals surface area contributed by atoms with Crippen molar-refractivity contribution in [2.75, 3.05) is 37.6 Å². The Kier molecular flexibility index (Phi) is 5.47. The molecule has 2 aliphatic rings. The molecule has 1 fully saturated rings. The van der Waals surface area contributed by atoms with Gasteiger partial charge in [-0.3, -0.25) is 9.59 Å². The summed E-state index contributed by atoms with van der Waals surface area (Å²) in [7, 11) is 0. The Morgan fingerprint density at radius 3 is 2.13 bits per heavy atom. The molecule has 5 nitrogen and oxygen atoms in total. The molecule has 2 aliphatic heterocycles. The normalized spacial score (nSPS) is 16.2. The maximum atomic E-state index is 13.1. The van der Waals surface area contributed by atoms with Gasteiger partial charge in [-0.2, -0.15) is 0 Å².